The summed E-state index contributed by atoms with van der Waals surface area (Å²) in [5.41, 5.74) is 0.398. The lowest BCUT2D eigenvalue weighted by molar-refractivity contribution is 0.0583. The minimum atomic E-state index is -0.491. The molecule has 1 amide bonds. The molecule has 2 rings (SSSR count). The number of amides is 1. The number of nitrogens with zero attached hydrogens (tertiary/aromatic N) is 1. The minimum Gasteiger partial charge on any atom is -0.443 e. The standard InChI is InChI=1S/C17H21NO2/c1-5-18(16(19)20-17(2,3)4)15-12-8-10-13-9-6-7-11-14(13)15/h6-12H,5H2,1-4H3. The Morgan fingerprint density at radius 2 is 1.75 bits per heavy atom. The van der Waals surface area contributed by atoms with E-state index in [1.54, 1.807) is 4.90 Å². The molecule has 2 aromatic carbocycles. The van der Waals surface area contributed by atoms with Crippen LogP contribution < -0.4 is 4.90 Å². The average Bonchev–Trinajstić information content (AvgIpc) is 2.38. The molecule has 0 fully saturated rings. The third kappa shape index (κ3) is 3.10. The van der Waals surface area contributed by atoms with Crippen molar-refractivity contribution in [3.8, 4) is 0 Å². The van der Waals surface area contributed by atoms with Crippen LogP contribution in [0.15, 0.2) is 42.5 Å². The zero-order chi connectivity index (χ0) is 14.8. The van der Waals surface area contributed by atoms with E-state index in [0.717, 1.165) is 16.5 Å². The van der Waals surface area contributed by atoms with Crippen molar-refractivity contribution in [3.63, 3.8) is 0 Å². The van der Waals surface area contributed by atoms with Crippen LogP contribution in [-0.2, 0) is 4.74 Å². The lowest BCUT2D eigenvalue weighted by Gasteiger charge is -2.27. The molecule has 0 bridgehead atoms. The van der Waals surface area contributed by atoms with Crippen LogP contribution in [0, 0.1) is 0 Å². The second-order valence-electron chi connectivity index (χ2n) is 5.72. The third-order valence-corrected chi connectivity index (χ3v) is 2.99. The van der Waals surface area contributed by atoms with Crippen molar-refractivity contribution in [2.45, 2.75) is 33.3 Å². The van der Waals surface area contributed by atoms with E-state index in [1.165, 1.54) is 0 Å². The second kappa shape index (κ2) is 5.53. The van der Waals surface area contributed by atoms with Crippen molar-refractivity contribution < 1.29 is 9.53 Å². The Bertz CT molecular complexity index is 608. The van der Waals surface area contributed by atoms with Crippen LogP contribution in [0.4, 0.5) is 10.5 Å². The summed E-state index contributed by atoms with van der Waals surface area (Å²) in [5, 5.41) is 2.18. The molecule has 0 aliphatic heterocycles. The molecule has 0 aromatic heterocycles. The molecule has 0 aliphatic carbocycles. The molecule has 106 valence electrons. The van der Waals surface area contributed by atoms with Crippen LogP contribution in [0.1, 0.15) is 27.7 Å². The van der Waals surface area contributed by atoms with E-state index in [4.69, 9.17) is 4.74 Å². The first-order valence-electron chi connectivity index (χ1n) is 6.90. The first-order valence-corrected chi connectivity index (χ1v) is 6.90. The third-order valence-electron chi connectivity index (χ3n) is 2.99. The van der Waals surface area contributed by atoms with Crippen molar-refractivity contribution in [2.24, 2.45) is 0 Å². The summed E-state index contributed by atoms with van der Waals surface area (Å²) in [6, 6.07) is 14.0. The average molecular weight is 271 g/mol. The topological polar surface area (TPSA) is 29.5 Å². The van der Waals surface area contributed by atoms with E-state index in [2.05, 4.69) is 0 Å². The summed E-state index contributed by atoms with van der Waals surface area (Å²) < 4.78 is 5.48. The largest absolute Gasteiger partial charge is 0.443 e. The Morgan fingerprint density at radius 1 is 1.10 bits per heavy atom. The molecule has 0 spiro atoms. The van der Waals surface area contributed by atoms with Gasteiger partial charge in [0.25, 0.3) is 0 Å². The first kappa shape index (κ1) is 14.4. The van der Waals surface area contributed by atoms with Crippen LogP contribution in [0.5, 0.6) is 0 Å². The number of hydrogen-bond acceptors (Lipinski definition) is 2. The molecule has 0 N–H and O–H groups in total. The van der Waals surface area contributed by atoms with E-state index in [9.17, 15) is 4.79 Å². The summed E-state index contributed by atoms with van der Waals surface area (Å²) in [5.74, 6) is 0. The van der Waals surface area contributed by atoms with Gasteiger partial charge in [-0.15, -0.1) is 0 Å². The summed E-state index contributed by atoms with van der Waals surface area (Å²) in [6.07, 6.45) is -0.309. The number of rotatable bonds is 2. The fraction of sp³-hybridized carbons (Fsp3) is 0.353. The van der Waals surface area contributed by atoms with Crippen LogP contribution in [0.2, 0.25) is 0 Å². The SMILES string of the molecule is CCN(C(=O)OC(C)(C)C)c1cccc2ccccc12. The highest BCUT2D eigenvalue weighted by molar-refractivity contribution is 6.01. The summed E-state index contributed by atoms with van der Waals surface area (Å²) in [6.45, 7) is 8.15. The highest BCUT2D eigenvalue weighted by atomic mass is 16.6. The van der Waals surface area contributed by atoms with E-state index in [1.807, 2.05) is 70.2 Å². The van der Waals surface area contributed by atoms with Crippen LogP contribution in [-0.4, -0.2) is 18.2 Å². The molecule has 0 saturated carbocycles. The first-order chi connectivity index (χ1) is 9.42. The molecular formula is C17H21NO2. The van der Waals surface area contributed by atoms with E-state index >= 15 is 0 Å². The number of hydrogen-bond donors (Lipinski definition) is 0. The predicted octanol–water partition coefficient (Wildman–Crippen LogP) is 4.60. The van der Waals surface area contributed by atoms with Gasteiger partial charge in [-0.3, -0.25) is 4.90 Å². The quantitative estimate of drug-likeness (QED) is 0.798. The van der Waals surface area contributed by atoms with Gasteiger partial charge in [0.15, 0.2) is 0 Å². The number of anilines is 1. The Morgan fingerprint density at radius 3 is 2.40 bits per heavy atom. The number of carbonyl (C=O) groups is 1. The molecule has 20 heavy (non-hydrogen) atoms. The van der Waals surface area contributed by atoms with Crippen molar-refractivity contribution in [2.75, 3.05) is 11.4 Å². The number of fused-ring (bicyclic) bond motifs is 1. The number of carbonyl (C=O) groups excluding carboxylic acids is 1. The van der Waals surface area contributed by atoms with Gasteiger partial charge in [-0.2, -0.15) is 0 Å². The predicted molar refractivity (Wildman–Crippen MR) is 83.2 cm³/mol. The Kier molecular flexibility index (Phi) is 3.98. The molecule has 0 radical (unpaired) electrons. The fourth-order valence-electron chi connectivity index (χ4n) is 2.16. The molecule has 0 atom stereocenters. The minimum absolute atomic E-state index is 0.309. The molecule has 0 saturated heterocycles. The molecular weight excluding hydrogens is 250 g/mol. The highest BCUT2D eigenvalue weighted by Crippen LogP contribution is 2.27. The maximum Gasteiger partial charge on any atom is 0.414 e. The summed E-state index contributed by atoms with van der Waals surface area (Å²) >= 11 is 0. The van der Waals surface area contributed by atoms with Gasteiger partial charge >= 0.3 is 6.09 Å². The smallest absolute Gasteiger partial charge is 0.414 e. The second-order valence-corrected chi connectivity index (χ2v) is 5.72. The molecule has 3 nitrogen and oxygen atoms in total. The molecule has 3 heteroatoms. The molecule has 0 aliphatic rings. The van der Waals surface area contributed by atoms with Gasteiger partial charge < -0.3 is 4.74 Å². The maximum atomic E-state index is 12.3. The van der Waals surface area contributed by atoms with E-state index in [-0.39, 0.29) is 6.09 Å². The molecule has 0 unspecified atom stereocenters. The normalized spacial score (nSPS) is 11.4. The number of ether oxygens (including phenoxy) is 1. The highest BCUT2D eigenvalue weighted by Gasteiger charge is 2.23. The Hall–Kier alpha value is -2.03. The Balaban J connectivity index is 2.42. The van der Waals surface area contributed by atoms with Crippen LogP contribution >= 0.6 is 0 Å². The van der Waals surface area contributed by atoms with Gasteiger partial charge in [0, 0.05) is 11.9 Å². The zero-order valence-corrected chi connectivity index (χ0v) is 12.5. The summed E-state index contributed by atoms with van der Waals surface area (Å²) in [4.78, 5) is 14.0. The van der Waals surface area contributed by atoms with Crippen molar-refractivity contribution in [1.82, 2.24) is 0 Å². The van der Waals surface area contributed by atoms with Gasteiger partial charge in [-0.1, -0.05) is 36.4 Å². The zero-order valence-electron chi connectivity index (χ0n) is 12.5. The fourth-order valence-corrected chi connectivity index (χ4v) is 2.16. The Labute approximate surface area is 120 Å². The van der Waals surface area contributed by atoms with Gasteiger partial charge in [0.1, 0.15) is 5.60 Å². The lowest BCUT2D eigenvalue weighted by Crippen LogP contribution is -2.36. The van der Waals surface area contributed by atoms with Gasteiger partial charge in [0.2, 0.25) is 0 Å². The summed E-state index contributed by atoms with van der Waals surface area (Å²) in [7, 11) is 0. The van der Waals surface area contributed by atoms with Crippen LogP contribution in [0.3, 0.4) is 0 Å². The van der Waals surface area contributed by atoms with E-state index in [0.29, 0.717) is 6.54 Å². The van der Waals surface area contributed by atoms with Crippen LogP contribution in [0.25, 0.3) is 10.8 Å². The van der Waals surface area contributed by atoms with Gasteiger partial charge in [-0.05, 0) is 39.1 Å². The monoisotopic (exact) mass is 271 g/mol. The molecule has 2 aromatic rings. The van der Waals surface area contributed by atoms with Crippen molar-refractivity contribution in [1.29, 1.82) is 0 Å². The van der Waals surface area contributed by atoms with E-state index < -0.39 is 5.60 Å². The van der Waals surface area contributed by atoms with Gasteiger partial charge in [0.05, 0.1) is 5.69 Å². The maximum absolute atomic E-state index is 12.3. The van der Waals surface area contributed by atoms with Gasteiger partial charge in [-0.25, -0.2) is 4.79 Å². The molecule has 0 heterocycles. The number of benzene rings is 2. The van der Waals surface area contributed by atoms with Crippen molar-refractivity contribution in [3.05, 3.63) is 42.5 Å². The lowest BCUT2D eigenvalue weighted by atomic mass is 10.1. The van der Waals surface area contributed by atoms with Crippen molar-refractivity contribution >= 4 is 22.6 Å².